The van der Waals surface area contributed by atoms with Crippen molar-refractivity contribution in [2.24, 2.45) is 5.73 Å². The van der Waals surface area contributed by atoms with Crippen molar-refractivity contribution in [3.05, 3.63) is 66.0 Å². The van der Waals surface area contributed by atoms with Crippen LogP contribution in [0.15, 0.2) is 54.7 Å². The van der Waals surface area contributed by atoms with Gasteiger partial charge in [0, 0.05) is 24.4 Å². The van der Waals surface area contributed by atoms with Crippen LogP contribution in [0.3, 0.4) is 0 Å². The van der Waals surface area contributed by atoms with Crippen molar-refractivity contribution in [3.63, 3.8) is 0 Å². The Morgan fingerprint density at radius 1 is 1.00 bits per heavy atom. The van der Waals surface area contributed by atoms with E-state index >= 15 is 0 Å². The van der Waals surface area contributed by atoms with E-state index in [1.807, 2.05) is 30.5 Å². The zero-order valence-electron chi connectivity index (χ0n) is 9.92. The van der Waals surface area contributed by atoms with Gasteiger partial charge in [-0.2, -0.15) is 0 Å². The first-order chi connectivity index (χ1) is 8.34. The maximum Gasteiger partial charge on any atom is 0.0419 e. The average Bonchev–Trinajstić information content (AvgIpc) is 2.39. The molecule has 1 unspecified atom stereocenters. The molecule has 2 N–H and O–H groups in total. The van der Waals surface area contributed by atoms with Gasteiger partial charge in [0.2, 0.25) is 0 Å². The van der Waals surface area contributed by atoms with Crippen LogP contribution in [0, 0.1) is 0 Å². The zero-order chi connectivity index (χ0) is 11.9. The summed E-state index contributed by atoms with van der Waals surface area (Å²) in [4.78, 5) is 4.29. The number of rotatable bonds is 5. The van der Waals surface area contributed by atoms with E-state index in [0.717, 1.165) is 25.0 Å². The smallest absolute Gasteiger partial charge is 0.0419 e. The van der Waals surface area contributed by atoms with Crippen molar-refractivity contribution >= 4 is 0 Å². The van der Waals surface area contributed by atoms with Gasteiger partial charge in [-0.05, 0) is 30.5 Å². The summed E-state index contributed by atoms with van der Waals surface area (Å²) in [5.74, 6) is 0. The number of nitrogens with zero attached hydrogens (tertiary/aromatic N) is 1. The van der Waals surface area contributed by atoms with E-state index in [4.69, 9.17) is 5.73 Å². The molecule has 1 atom stereocenters. The summed E-state index contributed by atoms with van der Waals surface area (Å²) >= 11 is 0. The van der Waals surface area contributed by atoms with Crippen molar-refractivity contribution in [1.82, 2.24) is 4.98 Å². The maximum absolute atomic E-state index is 6.11. The number of hydrogen-bond acceptors (Lipinski definition) is 2. The lowest BCUT2D eigenvalue weighted by Gasteiger charge is -2.10. The second-order valence-electron chi connectivity index (χ2n) is 4.31. The van der Waals surface area contributed by atoms with Crippen LogP contribution in [0.25, 0.3) is 0 Å². The van der Waals surface area contributed by atoms with Crippen molar-refractivity contribution in [2.45, 2.75) is 25.3 Å². The third-order valence-corrected chi connectivity index (χ3v) is 2.84. The SMILES string of the molecule is NC(CCc1ccccc1)Cc1ccccn1. The first-order valence-corrected chi connectivity index (χ1v) is 6.04. The van der Waals surface area contributed by atoms with E-state index in [-0.39, 0.29) is 6.04 Å². The van der Waals surface area contributed by atoms with E-state index < -0.39 is 0 Å². The van der Waals surface area contributed by atoms with Crippen molar-refractivity contribution < 1.29 is 0 Å². The van der Waals surface area contributed by atoms with Crippen LogP contribution < -0.4 is 5.73 Å². The van der Waals surface area contributed by atoms with Gasteiger partial charge < -0.3 is 5.73 Å². The Balaban J connectivity index is 1.80. The first-order valence-electron chi connectivity index (χ1n) is 6.04. The minimum absolute atomic E-state index is 0.185. The highest BCUT2D eigenvalue weighted by Gasteiger charge is 2.05. The highest BCUT2D eigenvalue weighted by molar-refractivity contribution is 5.15. The third-order valence-electron chi connectivity index (χ3n) is 2.84. The lowest BCUT2D eigenvalue weighted by atomic mass is 10.0. The number of nitrogens with two attached hydrogens (primary N) is 1. The summed E-state index contributed by atoms with van der Waals surface area (Å²) < 4.78 is 0. The first kappa shape index (κ1) is 11.8. The fourth-order valence-electron chi connectivity index (χ4n) is 1.89. The van der Waals surface area contributed by atoms with Gasteiger partial charge in [-0.3, -0.25) is 4.98 Å². The van der Waals surface area contributed by atoms with Crippen LogP contribution in [0.2, 0.25) is 0 Å². The second kappa shape index (κ2) is 6.16. The van der Waals surface area contributed by atoms with E-state index in [1.54, 1.807) is 0 Å². The van der Waals surface area contributed by atoms with Crippen LogP contribution in [0.4, 0.5) is 0 Å². The van der Waals surface area contributed by atoms with Gasteiger partial charge in [0.15, 0.2) is 0 Å². The quantitative estimate of drug-likeness (QED) is 0.851. The van der Waals surface area contributed by atoms with Gasteiger partial charge in [0.1, 0.15) is 0 Å². The third kappa shape index (κ3) is 4.00. The molecule has 88 valence electrons. The number of hydrogen-bond donors (Lipinski definition) is 1. The predicted molar refractivity (Wildman–Crippen MR) is 70.7 cm³/mol. The normalized spacial score (nSPS) is 12.3. The van der Waals surface area contributed by atoms with Gasteiger partial charge in [-0.15, -0.1) is 0 Å². The Bertz CT molecular complexity index is 425. The summed E-state index contributed by atoms with van der Waals surface area (Å²) in [6.45, 7) is 0. The maximum atomic E-state index is 6.11. The van der Waals surface area contributed by atoms with Crippen molar-refractivity contribution in [3.8, 4) is 0 Å². The number of aryl methyl sites for hydroxylation is 1. The van der Waals surface area contributed by atoms with E-state index in [2.05, 4.69) is 29.2 Å². The Kier molecular flexibility index (Phi) is 4.28. The van der Waals surface area contributed by atoms with Crippen molar-refractivity contribution in [1.29, 1.82) is 0 Å². The summed E-state index contributed by atoms with van der Waals surface area (Å²) in [5.41, 5.74) is 8.54. The standard InChI is InChI=1S/C15H18N2/c16-14(12-15-8-4-5-11-17-15)10-9-13-6-2-1-3-7-13/h1-8,11,14H,9-10,12,16H2. The lowest BCUT2D eigenvalue weighted by molar-refractivity contribution is 0.603. The molecular formula is C15H18N2. The molecular weight excluding hydrogens is 208 g/mol. The van der Waals surface area contributed by atoms with Crippen molar-refractivity contribution in [2.75, 3.05) is 0 Å². The largest absolute Gasteiger partial charge is 0.327 e. The number of pyridine rings is 1. The minimum atomic E-state index is 0.185. The number of aromatic nitrogens is 1. The Labute approximate surface area is 103 Å². The van der Waals surface area contributed by atoms with Crippen LogP contribution >= 0.6 is 0 Å². The van der Waals surface area contributed by atoms with E-state index in [9.17, 15) is 0 Å². The molecule has 0 fully saturated rings. The van der Waals surface area contributed by atoms with Gasteiger partial charge >= 0.3 is 0 Å². The van der Waals surface area contributed by atoms with Crippen LogP contribution in [-0.2, 0) is 12.8 Å². The monoisotopic (exact) mass is 226 g/mol. The molecule has 0 aliphatic heterocycles. The molecule has 0 saturated carbocycles. The molecule has 0 aliphatic rings. The number of benzene rings is 1. The minimum Gasteiger partial charge on any atom is -0.327 e. The summed E-state index contributed by atoms with van der Waals surface area (Å²) in [6, 6.07) is 16.6. The highest BCUT2D eigenvalue weighted by Crippen LogP contribution is 2.07. The average molecular weight is 226 g/mol. The van der Waals surface area contributed by atoms with Gasteiger partial charge in [0.25, 0.3) is 0 Å². The molecule has 0 spiro atoms. The predicted octanol–water partition coefficient (Wildman–Crippen LogP) is 2.58. The second-order valence-corrected chi connectivity index (χ2v) is 4.31. The topological polar surface area (TPSA) is 38.9 Å². The molecule has 2 rings (SSSR count). The Morgan fingerprint density at radius 3 is 2.47 bits per heavy atom. The lowest BCUT2D eigenvalue weighted by Crippen LogP contribution is -2.23. The summed E-state index contributed by atoms with van der Waals surface area (Å²) in [7, 11) is 0. The van der Waals surface area contributed by atoms with E-state index in [1.165, 1.54) is 5.56 Å². The molecule has 0 aliphatic carbocycles. The van der Waals surface area contributed by atoms with Gasteiger partial charge in [-0.1, -0.05) is 36.4 Å². The molecule has 1 heterocycles. The molecule has 0 saturated heterocycles. The van der Waals surface area contributed by atoms with Crippen LogP contribution in [0.5, 0.6) is 0 Å². The highest BCUT2D eigenvalue weighted by atomic mass is 14.7. The van der Waals surface area contributed by atoms with Crippen LogP contribution in [0.1, 0.15) is 17.7 Å². The Morgan fingerprint density at radius 2 is 1.76 bits per heavy atom. The van der Waals surface area contributed by atoms with E-state index in [0.29, 0.717) is 0 Å². The molecule has 1 aromatic heterocycles. The molecule has 2 heteroatoms. The van der Waals surface area contributed by atoms with Crippen LogP contribution in [-0.4, -0.2) is 11.0 Å². The molecule has 1 aromatic carbocycles. The zero-order valence-corrected chi connectivity index (χ0v) is 9.92. The molecule has 0 bridgehead atoms. The summed E-state index contributed by atoms with van der Waals surface area (Å²) in [6.07, 6.45) is 4.71. The van der Waals surface area contributed by atoms with Gasteiger partial charge in [0.05, 0.1) is 0 Å². The Hall–Kier alpha value is -1.67. The fraction of sp³-hybridized carbons (Fsp3) is 0.267. The molecule has 0 radical (unpaired) electrons. The fourth-order valence-corrected chi connectivity index (χ4v) is 1.89. The molecule has 0 amide bonds. The van der Waals surface area contributed by atoms with Gasteiger partial charge in [-0.25, -0.2) is 0 Å². The molecule has 2 aromatic rings. The summed E-state index contributed by atoms with van der Waals surface area (Å²) in [5, 5.41) is 0. The molecule has 2 nitrogen and oxygen atoms in total. The molecule has 17 heavy (non-hydrogen) atoms.